The first-order valence-electron chi connectivity index (χ1n) is 20.1. The van der Waals surface area contributed by atoms with Crippen molar-refractivity contribution in [2.45, 2.75) is 181 Å². The van der Waals surface area contributed by atoms with Crippen LogP contribution in [0.1, 0.15) is 120 Å². The van der Waals surface area contributed by atoms with Gasteiger partial charge in [0, 0.05) is 0 Å². The van der Waals surface area contributed by atoms with E-state index in [1.54, 1.807) is 6.92 Å². The summed E-state index contributed by atoms with van der Waals surface area (Å²) in [5.41, 5.74) is 0.566. The molecule has 6 fully saturated rings. The molecule has 0 aromatic rings. The van der Waals surface area contributed by atoms with E-state index in [-0.39, 0.29) is 45.7 Å². The molecule has 5 aliphatic carbocycles. The summed E-state index contributed by atoms with van der Waals surface area (Å²) in [7, 11) is 0. The lowest BCUT2D eigenvalue weighted by molar-refractivity contribution is -0.367. The quantitative estimate of drug-likeness (QED) is 0.173. The number of hydrogen-bond acceptors (Lipinski definition) is 10. The third-order valence-electron chi connectivity index (χ3n) is 16.8. The van der Waals surface area contributed by atoms with E-state index in [1.165, 1.54) is 5.57 Å². The molecule has 2 heterocycles. The fourth-order valence-corrected chi connectivity index (χ4v) is 13.3. The van der Waals surface area contributed by atoms with Gasteiger partial charge in [0.05, 0.1) is 24.2 Å². The van der Waals surface area contributed by atoms with Gasteiger partial charge in [-0.1, -0.05) is 60.1 Å². The van der Waals surface area contributed by atoms with Crippen molar-refractivity contribution in [1.82, 2.24) is 0 Å². The number of carboxylic acid groups (broad SMARTS) is 1. The van der Waals surface area contributed by atoms with E-state index in [2.05, 4.69) is 54.5 Å². The minimum atomic E-state index is -1.57. The van der Waals surface area contributed by atoms with Crippen molar-refractivity contribution in [3.63, 3.8) is 0 Å². The highest BCUT2D eigenvalue weighted by Gasteiger charge is 2.69. The summed E-state index contributed by atoms with van der Waals surface area (Å²) in [4.78, 5) is 13.0. The third kappa shape index (κ3) is 5.64. The van der Waals surface area contributed by atoms with Gasteiger partial charge in [-0.05, 0) is 116 Å². The summed E-state index contributed by atoms with van der Waals surface area (Å²) in [5.74, 6) is 0.213. The molecule has 17 atom stereocenters. The van der Waals surface area contributed by atoms with Gasteiger partial charge < -0.3 is 49.6 Å². The van der Waals surface area contributed by atoms with Gasteiger partial charge in [-0.3, -0.25) is 4.79 Å². The Morgan fingerprint density at radius 3 is 2.17 bits per heavy atom. The third-order valence-corrected chi connectivity index (χ3v) is 16.8. The number of fused-ring (bicyclic) bond motifs is 7. The SMILES string of the molecule is C[C@@H]1O[C@H](O[C@@H]2CC[C@]3(C)[C@H]4CC=C5[C@H]6CC(C)(C)CC[C@]6(C(=O)O)CC[C@]5(C)[C@@]4(C)CC[C@H]3C2(C)C)[C@@H](O[C@@H]2OC[C@@H](O)[C@H](O)[C@H]2O)[C@H](O)[C@H]1O. The molecule has 7 rings (SSSR count). The zero-order valence-electron chi connectivity index (χ0n) is 32.6. The molecule has 0 spiro atoms. The zero-order chi connectivity index (χ0) is 38.0. The summed E-state index contributed by atoms with van der Waals surface area (Å²) in [6.07, 6.45) is -0.167. The predicted molar refractivity (Wildman–Crippen MR) is 191 cm³/mol. The number of carboxylic acids is 1. The first-order chi connectivity index (χ1) is 24.1. The van der Waals surface area contributed by atoms with Gasteiger partial charge in [0.25, 0.3) is 0 Å². The zero-order valence-corrected chi connectivity index (χ0v) is 32.6. The highest BCUT2D eigenvalue weighted by atomic mass is 16.8. The number of rotatable bonds is 5. The first kappa shape index (κ1) is 39.1. The number of ether oxygens (including phenoxy) is 4. The van der Waals surface area contributed by atoms with Gasteiger partial charge in [-0.2, -0.15) is 0 Å². The molecule has 0 unspecified atom stereocenters. The molecule has 11 heteroatoms. The van der Waals surface area contributed by atoms with Crippen LogP contribution in [0.15, 0.2) is 11.6 Å². The summed E-state index contributed by atoms with van der Waals surface area (Å²) in [6.45, 7) is 18.1. The molecule has 6 N–H and O–H groups in total. The van der Waals surface area contributed by atoms with Gasteiger partial charge >= 0.3 is 5.97 Å². The molecule has 2 saturated heterocycles. The van der Waals surface area contributed by atoms with Crippen molar-refractivity contribution in [2.75, 3.05) is 6.61 Å². The molecule has 11 nitrogen and oxygen atoms in total. The van der Waals surface area contributed by atoms with Gasteiger partial charge in [-0.15, -0.1) is 0 Å². The Hall–Kier alpha value is -1.15. The molecule has 296 valence electrons. The molecule has 0 aromatic heterocycles. The second-order valence-electron chi connectivity index (χ2n) is 20.2. The van der Waals surface area contributed by atoms with Crippen LogP contribution in [-0.2, 0) is 23.7 Å². The highest BCUT2D eigenvalue weighted by Crippen LogP contribution is 2.76. The number of aliphatic hydroxyl groups excluding tert-OH is 5. The molecular formula is C41H66O11. The van der Waals surface area contributed by atoms with E-state index in [0.29, 0.717) is 11.8 Å². The molecule has 52 heavy (non-hydrogen) atoms. The van der Waals surface area contributed by atoms with Crippen LogP contribution >= 0.6 is 0 Å². The molecular weight excluding hydrogens is 668 g/mol. The van der Waals surface area contributed by atoms with E-state index >= 15 is 0 Å². The number of carbonyl (C=O) groups is 1. The molecule has 0 aromatic carbocycles. The van der Waals surface area contributed by atoms with Crippen LogP contribution in [-0.4, -0.2) is 105 Å². The van der Waals surface area contributed by atoms with Gasteiger partial charge in [0.15, 0.2) is 12.6 Å². The lowest BCUT2D eigenvalue weighted by atomic mass is 9.33. The van der Waals surface area contributed by atoms with Crippen LogP contribution in [0.3, 0.4) is 0 Å². The minimum Gasteiger partial charge on any atom is -0.481 e. The van der Waals surface area contributed by atoms with Gasteiger partial charge in [0.2, 0.25) is 0 Å². The fourth-order valence-electron chi connectivity index (χ4n) is 13.3. The van der Waals surface area contributed by atoms with Crippen molar-refractivity contribution in [2.24, 2.45) is 50.2 Å². The number of allylic oxidation sites excluding steroid dienone is 2. The Morgan fingerprint density at radius 1 is 0.788 bits per heavy atom. The van der Waals surface area contributed by atoms with E-state index in [4.69, 9.17) is 18.9 Å². The van der Waals surface area contributed by atoms with E-state index in [0.717, 1.165) is 64.2 Å². The molecule has 0 bridgehead atoms. The van der Waals surface area contributed by atoms with Crippen LogP contribution in [0.5, 0.6) is 0 Å². The predicted octanol–water partition coefficient (Wildman–Crippen LogP) is 4.55. The van der Waals surface area contributed by atoms with Crippen LogP contribution in [0.2, 0.25) is 0 Å². The van der Waals surface area contributed by atoms with Crippen molar-refractivity contribution < 1.29 is 54.4 Å². The fraction of sp³-hybridized carbons (Fsp3) is 0.927. The van der Waals surface area contributed by atoms with E-state index in [9.17, 15) is 35.4 Å². The maximum absolute atomic E-state index is 13.0. The number of hydrogen-bond donors (Lipinski definition) is 6. The van der Waals surface area contributed by atoms with Crippen LogP contribution in [0.25, 0.3) is 0 Å². The van der Waals surface area contributed by atoms with Gasteiger partial charge in [-0.25, -0.2) is 0 Å². The number of aliphatic carboxylic acids is 1. The summed E-state index contributed by atoms with van der Waals surface area (Å²) >= 11 is 0. The largest absolute Gasteiger partial charge is 0.481 e. The number of aliphatic hydroxyl groups is 5. The normalized spacial score (nSPS) is 54.1. The smallest absolute Gasteiger partial charge is 0.310 e. The Labute approximate surface area is 309 Å². The molecule has 2 aliphatic heterocycles. The second-order valence-corrected chi connectivity index (χ2v) is 20.2. The molecule has 7 aliphatic rings. The minimum absolute atomic E-state index is 0.0118. The summed E-state index contributed by atoms with van der Waals surface area (Å²) in [6, 6.07) is 0. The standard InChI is InChI=1S/C41H66O11/c1-21-28(43)30(45)32(52-33-31(46)29(44)24(42)20-49-33)34(50-21)51-27-12-13-38(6)25(37(27,4)5)11-14-40(8)26(38)10-9-22-23-19-36(2,3)15-17-41(23,35(47)48)18-16-39(22,40)7/h9,21,23-34,42-46H,10-20H2,1-8H3,(H,47,48)/t21-,23+,24+,25-,26+,27+,28-,29-,30+,31+,32-,33-,34+,38-,39-,40-,41-/m0/s1. The second kappa shape index (κ2) is 12.9. The van der Waals surface area contributed by atoms with Crippen LogP contribution in [0.4, 0.5) is 0 Å². The van der Waals surface area contributed by atoms with Crippen LogP contribution < -0.4 is 0 Å². The van der Waals surface area contributed by atoms with Crippen LogP contribution in [0, 0.1) is 50.2 Å². The maximum Gasteiger partial charge on any atom is 0.310 e. The first-order valence-corrected chi connectivity index (χ1v) is 20.1. The summed E-state index contributed by atoms with van der Waals surface area (Å²) in [5, 5.41) is 63.5. The van der Waals surface area contributed by atoms with E-state index in [1.807, 2.05) is 0 Å². The molecule has 0 radical (unpaired) electrons. The van der Waals surface area contributed by atoms with E-state index < -0.39 is 66.7 Å². The Kier molecular flexibility index (Phi) is 9.74. The Balaban J connectivity index is 1.14. The maximum atomic E-state index is 13.0. The topological polar surface area (TPSA) is 175 Å². The lowest BCUT2D eigenvalue weighted by Gasteiger charge is -2.71. The lowest BCUT2D eigenvalue weighted by Crippen LogP contribution is -2.66. The average Bonchev–Trinajstić information content (AvgIpc) is 3.06. The Morgan fingerprint density at radius 2 is 1.48 bits per heavy atom. The van der Waals surface area contributed by atoms with Gasteiger partial charge in [0.1, 0.15) is 36.6 Å². The Bertz CT molecular complexity index is 1410. The van der Waals surface area contributed by atoms with Crippen molar-refractivity contribution in [3.8, 4) is 0 Å². The molecule has 0 amide bonds. The van der Waals surface area contributed by atoms with Crippen molar-refractivity contribution in [3.05, 3.63) is 11.6 Å². The monoisotopic (exact) mass is 734 g/mol. The highest BCUT2D eigenvalue weighted by molar-refractivity contribution is 5.76. The van der Waals surface area contributed by atoms with Crippen molar-refractivity contribution >= 4 is 5.97 Å². The average molecular weight is 735 g/mol. The molecule has 4 saturated carbocycles. The summed E-state index contributed by atoms with van der Waals surface area (Å²) < 4.78 is 24.5. The van der Waals surface area contributed by atoms with Crippen molar-refractivity contribution in [1.29, 1.82) is 0 Å².